The number of rotatable bonds is 8. The fraction of sp³-hybridized carbons (Fsp3) is 0.524. The zero-order valence-electron chi connectivity index (χ0n) is 16.4. The minimum Gasteiger partial charge on any atom is -0.490 e. The Bertz CT molecular complexity index is 720. The molecule has 6 heteroatoms. The van der Waals surface area contributed by atoms with Crippen LogP contribution in [0.25, 0.3) is 0 Å². The van der Waals surface area contributed by atoms with E-state index in [-0.39, 0.29) is 0 Å². The van der Waals surface area contributed by atoms with Gasteiger partial charge >= 0.3 is 0 Å². The molecule has 1 fully saturated rings. The van der Waals surface area contributed by atoms with E-state index in [2.05, 4.69) is 47.7 Å². The Labute approximate surface area is 162 Å². The Morgan fingerprint density at radius 3 is 2.89 bits per heavy atom. The average Bonchev–Trinajstić information content (AvgIpc) is 3.35. The lowest BCUT2D eigenvalue weighted by Gasteiger charge is -2.17. The monoisotopic (exact) mass is 369 g/mol. The molecule has 6 nitrogen and oxygen atoms in total. The van der Waals surface area contributed by atoms with Gasteiger partial charge in [-0.05, 0) is 51.2 Å². The lowest BCUT2D eigenvalue weighted by atomic mass is 10.1. The van der Waals surface area contributed by atoms with Crippen LogP contribution in [-0.4, -0.2) is 34.7 Å². The minimum atomic E-state index is 0.357. The molecule has 0 unspecified atom stereocenters. The summed E-state index contributed by atoms with van der Waals surface area (Å²) in [6, 6.07) is 6.41. The van der Waals surface area contributed by atoms with Crippen molar-refractivity contribution in [3.05, 3.63) is 48.0 Å². The summed E-state index contributed by atoms with van der Waals surface area (Å²) in [4.78, 5) is 8.82. The second-order valence-electron chi connectivity index (χ2n) is 7.06. The largest absolute Gasteiger partial charge is 0.490 e. The number of nitrogens with one attached hydrogen (secondary N) is 2. The number of benzene rings is 1. The highest BCUT2D eigenvalue weighted by Gasteiger charge is 2.18. The lowest BCUT2D eigenvalue weighted by molar-refractivity contribution is 0.208. The molecule has 1 heterocycles. The van der Waals surface area contributed by atoms with E-state index in [1.54, 1.807) is 6.20 Å². The second kappa shape index (κ2) is 10.00. The topological polar surface area (TPSA) is 63.5 Å². The van der Waals surface area contributed by atoms with Gasteiger partial charge in [0.15, 0.2) is 5.96 Å². The number of guanidine groups is 1. The number of aliphatic imine (C=N–C) groups is 1. The molecule has 1 aromatic heterocycles. The second-order valence-corrected chi connectivity index (χ2v) is 7.06. The summed E-state index contributed by atoms with van der Waals surface area (Å²) in [5, 5.41) is 6.69. The third kappa shape index (κ3) is 6.01. The zero-order valence-corrected chi connectivity index (χ0v) is 16.4. The number of imidazole rings is 1. The van der Waals surface area contributed by atoms with Crippen LogP contribution in [0.3, 0.4) is 0 Å². The van der Waals surface area contributed by atoms with E-state index in [1.807, 2.05) is 17.1 Å². The van der Waals surface area contributed by atoms with Crippen LogP contribution in [0.5, 0.6) is 5.75 Å². The van der Waals surface area contributed by atoms with Gasteiger partial charge in [0.2, 0.25) is 0 Å². The Kier molecular flexibility index (Phi) is 7.13. The predicted molar refractivity (Wildman–Crippen MR) is 109 cm³/mol. The number of hydrogen-bond acceptors (Lipinski definition) is 3. The van der Waals surface area contributed by atoms with E-state index in [4.69, 9.17) is 9.73 Å². The maximum absolute atomic E-state index is 6.29. The molecule has 0 spiro atoms. The standard InChI is InChI=1S/C21H31N5O/c1-3-23-21(24-11-13-26-12-10-22-16-26)25-15-18-9-8-17(2)14-20(18)27-19-6-4-5-7-19/h8-10,12,14,16,19H,3-7,11,13,15H2,1-2H3,(H2,23,24,25). The van der Waals surface area contributed by atoms with Gasteiger partial charge in [-0.15, -0.1) is 0 Å². The van der Waals surface area contributed by atoms with Crippen LogP contribution in [0.4, 0.5) is 0 Å². The third-order valence-electron chi connectivity index (χ3n) is 4.79. The van der Waals surface area contributed by atoms with Crippen molar-refractivity contribution in [3.63, 3.8) is 0 Å². The summed E-state index contributed by atoms with van der Waals surface area (Å²) in [7, 11) is 0. The smallest absolute Gasteiger partial charge is 0.191 e. The van der Waals surface area contributed by atoms with Gasteiger partial charge in [-0.3, -0.25) is 0 Å². The first-order chi connectivity index (χ1) is 13.2. The van der Waals surface area contributed by atoms with Crippen molar-refractivity contribution < 1.29 is 4.74 Å². The normalized spacial score (nSPS) is 15.1. The predicted octanol–water partition coefficient (Wildman–Crippen LogP) is 3.27. The van der Waals surface area contributed by atoms with Crippen LogP contribution in [0.15, 0.2) is 41.9 Å². The molecule has 1 aromatic carbocycles. The molecule has 3 rings (SSSR count). The number of nitrogens with zero attached hydrogens (tertiary/aromatic N) is 3. The van der Waals surface area contributed by atoms with Gasteiger partial charge in [-0.25, -0.2) is 9.98 Å². The number of aromatic nitrogens is 2. The Morgan fingerprint density at radius 1 is 1.30 bits per heavy atom. The summed E-state index contributed by atoms with van der Waals surface area (Å²) in [6.07, 6.45) is 10.8. The summed E-state index contributed by atoms with van der Waals surface area (Å²) >= 11 is 0. The van der Waals surface area contributed by atoms with Crippen molar-refractivity contribution >= 4 is 5.96 Å². The van der Waals surface area contributed by atoms with Crippen LogP contribution in [0.2, 0.25) is 0 Å². The Morgan fingerprint density at radius 2 is 2.15 bits per heavy atom. The van der Waals surface area contributed by atoms with Gasteiger partial charge in [-0.2, -0.15) is 0 Å². The highest BCUT2D eigenvalue weighted by atomic mass is 16.5. The summed E-state index contributed by atoms with van der Waals surface area (Å²) < 4.78 is 8.34. The maximum atomic E-state index is 6.29. The number of hydrogen-bond donors (Lipinski definition) is 2. The first kappa shape index (κ1) is 19.3. The van der Waals surface area contributed by atoms with E-state index >= 15 is 0 Å². The molecular weight excluding hydrogens is 338 g/mol. The van der Waals surface area contributed by atoms with Gasteiger partial charge < -0.3 is 19.9 Å². The SMILES string of the molecule is CCNC(=NCc1ccc(C)cc1OC1CCCC1)NCCn1ccnc1. The molecule has 0 amide bonds. The quantitative estimate of drug-likeness (QED) is 0.554. The van der Waals surface area contributed by atoms with Crippen molar-refractivity contribution in [1.82, 2.24) is 20.2 Å². The van der Waals surface area contributed by atoms with Crippen LogP contribution < -0.4 is 15.4 Å². The molecule has 0 atom stereocenters. The van der Waals surface area contributed by atoms with E-state index in [0.717, 1.165) is 49.7 Å². The van der Waals surface area contributed by atoms with Crippen LogP contribution in [-0.2, 0) is 13.1 Å². The van der Waals surface area contributed by atoms with Gasteiger partial charge in [0.25, 0.3) is 0 Å². The molecule has 0 radical (unpaired) electrons. The van der Waals surface area contributed by atoms with Gasteiger partial charge in [0.05, 0.1) is 19.0 Å². The summed E-state index contributed by atoms with van der Waals surface area (Å²) in [5.74, 6) is 1.81. The number of ether oxygens (including phenoxy) is 1. The van der Waals surface area contributed by atoms with Gasteiger partial charge in [0, 0.05) is 37.6 Å². The van der Waals surface area contributed by atoms with Gasteiger partial charge in [-0.1, -0.05) is 12.1 Å². The first-order valence-corrected chi connectivity index (χ1v) is 9.98. The van der Waals surface area contributed by atoms with Crippen molar-refractivity contribution in [3.8, 4) is 5.75 Å². The summed E-state index contributed by atoms with van der Waals surface area (Å²) in [5.41, 5.74) is 2.36. The van der Waals surface area contributed by atoms with Gasteiger partial charge in [0.1, 0.15) is 5.75 Å². The molecule has 27 heavy (non-hydrogen) atoms. The van der Waals surface area contributed by atoms with Crippen LogP contribution in [0.1, 0.15) is 43.7 Å². The molecule has 0 aliphatic heterocycles. The van der Waals surface area contributed by atoms with E-state index in [1.165, 1.54) is 18.4 Å². The molecule has 0 saturated heterocycles. The molecule has 2 N–H and O–H groups in total. The van der Waals surface area contributed by atoms with Crippen molar-refractivity contribution in [2.45, 2.75) is 58.7 Å². The Balaban J connectivity index is 1.61. The Hall–Kier alpha value is -2.50. The van der Waals surface area contributed by atoms with Crippen molar-refractivity contribution in [2.24, 2.45) is 4.99 Å². The number of aryl methyl sites for hydroxylation is 1. The fourth-order valence-corrected chi connectivity index (χ4v) is 3.32. The van der Waals surface area contributed by atoms with Crippen molar-refractivity contribution in [1.29, 1.82) is 0 Å². The zero-order chi connectivity index (χ0) is 18.9. The molecule has 0 bridgehead atoms. The van der Waals surface area contributed by atoms with Crippen LogP contribution >= 0.6 is 0 Å². The highest BCUT2D eigenvalue weighted by Crippen LogP contribution is 2.28. The molecule has 1 saturated carbocycles. The minimum absolute atomic E-state index is 0.357. The fourth-order valence-electron chi connectivity index (χ4n) is 3.32. The molecule has 146 valence electrons. The molecule has 2 aromatic rings. The molecule has 1 aliphatic rings. The van der Waals surface area contributed by atoms with E-state index in [9.17, 15) is 0 Å². The average molecular weight is 370 g/mol. The molecule has 1 aliphatic carbocycles. The summed E-state index contributed by atoms with van der Waals surface area (Å²) in [6.45, 7) is 7.26. The van der Waals surface area contributed by atoms with Crippen LogP contribution in [0, 0.1) is 6.92 Å². The lowest BCUT2D eigenvalue weighted by Crippen LogP contribution is -2.38. The molecular formula is C21H31N5O. The van der Waals surface area contributed by atoms with E-state index < -0.39 is 0 Å². The van der Waals surface area contributed by atoms with Crippen molar-refractivity contribution in [2.75, 3.05) is 13.1 Å². The highest BCUT2D eigenvalue weighted by molar-refractivity contribution is 5.79. The maximum Gasteiger partial charge on any atom is 0.191 e. The van der Waals surface area contributed by atoms with E-state index in [0.29, 0.717) is 12.6 Å². The third-order valence-corrected chi connectivity index (χ3v) is 4.79. The first-order valence-electron chi connectivity index (χ1n) is 9.98.